The van der Waals surface area contributed by atoms with Gasteiger partial charge in [-0.25, -0.2) is 0 Å². The largest absolute Gasteiger partial charge is 0.329 e. The van der Waals surface area contributed by atoms with E-state index >= 15 is 0 Å². The van der Waals surface area contributed by atoms with Crippen LogP contribution >= 0.6 is 0 Å². The number of nitrogens with two attached hydrogens (primary N) is 1. The number of rotatable bonds is 3. The van der Waals surface area contributed by atoms with Crippen LogP contribution in [0.4, 0.5) is 0 Å². The number of nitrogens with zero attached hydrogens (tertiary/aromatic N) is 1. The summed E-state index contributed by atoms with van der Waals surface area (Å²) >= 11 is 0. The van der Waals surface area contributed by atoms with E-state index in [2.05, 4.69) is 36.1 Å². The molecule has 0 saturated carbocycles. The van der Waals surface area contributed by atoms with Crippen LogP contribution < -0.4 is 5.73 Å². The molecule has 1 heterocycles. The van der Waals surface area contributed by atoms with E-state index in [4.69, 9.17) is 5.73 Å². The Kier molecular flexibility index (Phi) is 3.97. The van der Waals surface area contributed by atoms with Crippen molar-refractivity contribution >= 4 is 0 Å². The van der Waals surface area contributed by atoms with Gasteiger partial charge in [-0.05, 0) is 49.9 Å². The van der Waals surface area contributed by atoms with E-state index in [9.17, 15) is 0 Å². The van der Waals surface area contributed by atoms with Gasteiger partial charge >= 0.3 is 0 Å². The molecule has 2 heteroatoms. The SMILES string of the molecule is Cc1ccccc1C1CCN(CCN)CC1. The summed E-state index contributed by atoms with van der Waals surface area (Å²) in [5, 5.41) is 0. The fraction of sp³-hybridized carbons (Fsp3) is 0.571. The Labute approximate surface area is 98.4 Å². The Hall–Kier alpha value is -0.860. The molecule has 2 rings (SSSR count). The number of benzene rings is 1. The summed E-state index contributed by atoms with van der Waals surface area (Å²) in [7, 11) is 0. The number of hydrogen-bond donors (Lipinski definition) is 1. The summed E-state index contributed by atoms with van der Waals surface area (Å²) in [6.07, 6.45) is 2.57. The number of hydrogen-bond acceptors (Lipinski definition) is 2. The molecule has 1 fully saturated rings. The van der Waals surface area contributed by atoms with Gasteiger partial charge in [-0.2, -0.15) is 0 Å². The lowest BCUT2D eigenvalue weighted by Crippen LogP contribution is -2.36. The topological polar surface area (TPSA) is 29.3 Å². The average molecular weight is 218 g/mol. The van der Waals surface area contributed by atoms with Gasteiger partial charge in [0.15, 0.2) is 0 Å². The minimum absolute atomic E-state index is 0.759. The van der Waals surface area contributed by atoms with Gasteiger partial charge in [0.25, 0.3) is 0 Å². The maximum atomic E-state index is 5.59. The Bertz CT molecular complexity index is 327. The molecule has 0 bridgehead atoms. The number of aryl methyl sites for hydroxylation is 1. The maximum absolute atomic E-state index is 5.59. The van der Waals surface area contributed by atoms with Crippen LogP contribution in [0.5, 0.6) is 0 Å². The lowest BCUT2D eigenvalue weighted by atomic mass is 9.87. The van der Waals surface area contributed by atoms with Crippen molar-refractivity contribution in [2.45, 2.75) is 25.7 Å². The predicted molar refractivity (Wildman–Crippen MR) is 68.6 cm³/mol. The van der Waals surface area contributed by atoms with Crippen LogP contribution in [0, 0.1) is 6.92 Å². The highest BCUT2D eigenvalue weighted by Crippen LogP contribution is 2.29. The Morgan fingerprint density at radius 3 is 2.56 bits per heavy atom. The van der Waals surface area contributed by atoms with Crippen molar-refractivity contribution in [2.75, 3.05) is 26.2 Å². The van der Waals surface area contributed by atoms with Crippen molar-refractivity contribution in [3.8, 4) is 0 Å². The summed E-state index contributed by atoms with van der Waals surface area (Å²) in [6.45, 7) is 6.48. The number of piperidine rings is 1. The highest BCUT2D eigenvalue weighted by atomic mass is 15.1. The van der Waals surface area contributed by atoms with Crippen LogP contribution in [0.3, 0.4) is 0 Å². The van der Waals surface area contributed by atoms with Crippen molar-refractivity contribution in [2.24, 2.45) is 5.73 Å². The normalized spacial score (nSPS) is 18.9. The van der Waals surface area contributed by atoms with Gasteiger partial charge in [0.1, 0.15) is 0 Å². The molecule has 16 heavy (non-hydrogen) atoms. The van der Waals surface area contributed by atoms with Gasteiger partial charge in [-0.3, -0.25) is 0 Å². The first-order chi connectivity index (χ1) is 7.81. The van der Waals surface area contributed by atoms with E-state index in [1.165, 1.54) is 31.5 Å². The predicted octanol–water partition coefficient (Wildman–Crippen LogP) is 2.13. The highest BCUT2D eigenvalue weighted by Gasteiger charge is 2.20. The van der Waals surface area contributed by atoms with Crippen LogP contribution in [-0.4, -0.2) is 31.1 Å². The molecule has 1 aromatic rings. The molecule has 0 amide bonds. The molecular weight excluding hydrogens is 196 g/mol. The molecule has 0 radical (unpaired) electrons. The third-order valence-corrected chi connectivity index (χ3v) is 3.66. The average Bonchev–Trinajstić information content (AvgIpc) is 2.31. The summed E-state index contributed by atoms with van der Waals surface area (Å²) in [4.78, 5) is 2.48. The Morgan fingerprint density at radius 2 is 1.94 bits per heavy atom. The van der Waals surface area contributed by atoms with Gasteiger partial charge in [-0.15, -0.1) is 0 Å². The van der Waals surface area contributed by atoms with Crippen molar-refractivity contribution < 1.29 is 0 Å². The first-order valence-corrected chi connectivity index (χ1v) is 6.29. The van der Waals surface area contributed by atoms with E-state index in [1.54, 1.807) is 5.56 Å². The first-order valence-electron chi connectivity index (χ1n) is 6.29. The van der Waals surface area contributed by atoms with Crippen LogP contribution in [0.25, 0.3) is 0 Å². The molecule has 1 aromatic carbocycles. The van der Waals surface area contributed by atoms with E-state index in [-0.39, 0.29) is 0 Å². The molecule has 1 saturated heterocycles. The molecule has 0 aromatic heterocycles. The van der Waals surface area contributed by atoms with E-state index in [0.29, 0.717) is 0 Å². The lowest BCUT2D eigenvalue weighted by molar-refractivity contribution is 0.217. The fourth-order valence-electron chi connectivity index (χ4n) is 2.69. The Morgan fingerprint density at radius 1 is 1.25 bits per heavy atom. The zero-order valence-corrected chi connectivity index (χ0v) is 10.2. The third kappa shape index (κ3) is 2.63. The second kappa shape index (κ2) is 5.46. The second-order valence-electron chi connectivity index (χ2n) is 4.76. The smallest absolute Gasteiger partial charge is 0.0105 e. The lowest BCUT2D eigenvalue weighted by Gasteiger charge is -2.32. The summed E-state index contributed by atoms with van der Waals surface area (Å²) in [5.74, 6) is 0.759. The van der Waals surface area contributed by atoms with Crippen LogP contribution in [0.15, 0.2) is 24.3 Å². The maximum Gasteiger partial charge on any atom is 0.0105 e. The molecule has 88 valence electrons. The summed E-state index contributed by atoms with van der Waals surface area (Å²) in [6, 6.07) is 8.80. The molecule has 0 unspecified atom stereocenters. The highest BCUT2D eigenvalue weighted by molar-refractivity contribution is 5.29. The molecule has 1 aliphatic heterocycles. The van der Waals surface area contributed by atoms with Gasteiger partial charge in [0.05, 0.1) is 0 Å². The zero-order valence-electron chi connectivity index (χ0n) is 10.2. The van der Waals surface area contributed by atoms with Crippen LogP contribution in [0.2, 0.25) is 0 Å². The molecular formula is C14H22N2. The number of likely N-dealkylation sites (tertiary alicyclic amines) is 1. The molecule has 0 spiro atoms. The van der Waals surface area contributed by atoms with E-state index in [0.717, 1.165) is 19.0 Å². The van der Waals surface area contributed by atoms with Crippen molar-refractivity contribution in [3.63, 3.8) is 0 Å². The van der Waals surface area contributed by atoms with Crippen LogP contribution in [-0.2, 0) is 0 Å². The molecule has 0 atom stereocenters. The Balaban J connectivity index is 1.96. The quantitative estimate of drug-likeness (QED) is 0.842. The van der Waals surface area contributed by atoms with Crippen molar-refractivity contribution in [1.82, 2.24) is 4.90 Å². The van der Waals surface area contributed by atoms with Gasteiger partial charge in [0, 0.05) is 13.1 Å². The molecule has 2 N–H and O–H groups in total. The van der Waals surface area contributed by atoms with E-state index in [1.807, 2.05) is 0 Å². The van der Waals surface area contributed by atoms with Gasteiger partial charge in [-0.1, -0.05) is 24.3 Å². The summed E-state index contributed by atoms with van der Waals surface area (Å²) in [5.41, 5.74) is 8.58. The van der Waals surface area contributed by atoms with Crippen molar-refractivity contribution in [3.05, 3.63) is 35.4 Å². The summed E-state index contributed by atoms with van der Waals surface area (Å²) < 4.78 is 0. The standard InChI is InChI=1S/C14H22N2/c1-12-4-2-3-5-14(12)13-6-9-16(10-7-13)11-8-15/h2-5,13H,6-11,15H2,1H3. The third-order valence-electron chi connectivity index (χ3n) is 3.66. The van der Waals surface area contributed by atoms with Crippen LogP contribution in [0.1, 0.15) is 29.9 Å². The molecule has 1 aliphatic rings. The second-order valence-corrected chi connectivity index (χ2v) is 4.76. The minimum Gasteiger partial charge on any atom is -0.329 e. The minimum atomic E-state index is 0.759. The van der Waals surface area contributed by atoms with Crippen molar-refractivity contribution in [1.29, 1.82) is 0 Å². The molecule has 2 nitrogen and oxygen atoms in total. The van der Waals surface area contributed by atoms with Gasteiger partial charge in [0.2, 0.25) is 0 Å². The molecule has 0 aliphatic carbocycles. The fourth-order valence-corrected chi connectivity index (χ4v) is 2.69. The first kappa shape index (κ1) is 11.6. The monoisotopic (exact) mass is 218 g/mol. The van der Waals surface area contributed by atoms with Gasteiger partial charge < -0.3 is 10.6 Å². The van der Waals surface area contributed by atoms with E-state index < -0.39 is 0 Å². The zero-order chi connectivity index (χ0) is 11.4.